The molecule has 3 atom stereocenters. The van der Waals surface area contributed by atoms with Crippen molar-refractivity contribution >= 4 is 5.96 Å². The molecule has 0 saturated heterocycles. The molecule has 0 heterocycles. The summed E-state index contributed by atoms with van der Waals surface area (Å²) in [5, 5.41) is 6.83. The van der Waals surface area contributed by atoms with Crippen LogP contribution in [0.3, 0.4) is 0 Å². The van der Waals surface area contributed by atoms with Crippen molar-refractivity contribution in [1.29, 1.82) is 0 Å². The number of aliphatic imine (C=N–C) groups is 1. The van der Waals surface area contributed by atoms with Gasteiger partial charge < -0.3 is 10.6 Å². The minimum atomic E-state index is 0.468. The van der Waals surface area contributed by atoms with E-state index < -0.39 is 0 Å². The van der Waals surface area contributed by atoms with Crippen molar-refractivity contribution in [2.75, 3.05) is 13.6 Å². The van der Waals surface area contributed by atoms with E-state index in [2.05, 4.69) is 59.8 Å². The van der Waals surface area contributed by atoms with Gasteiger partial charge in [0.25, 0.3) is 0 Å². The van der Waals surface area contributed by atoms with Gasteiger partial charge in [-0.1, -0.05) is 37.3 Å². The second kappa shape index (κ2) is 6.60. The van der Waals surface area contributed by atoms with Gasteiger partial charge in [-0.15, -0.1) is 0 Å². The zero-order valence-corrected chi connectivity index (χ0v) is 12.2. The van der Waals surface area contributed by atoms with Crippen LogP contribution >= 0.6 is 0 Å². The van der Waals surface area contributed by atoms with Gasteiger partial charge >= 0.3 is 0 Å². The lowest BCUT2D eigenvalue weighted by atomic mass is 10.1. The van der Waals surface area contributed by atoms with E-state index in [0.717, 1.165) is 30.8 Å². The first kappa shape index (κ1) is 13.9. The van der Waals surface area contributed by atoms with Crippen LogP contribution in [-0.4, -0.2) is 25.6 Å². The summed E-state index contributed by atoms with van der Waals surface area (Å²) >= 11 is 0. The van der Waals surface area contributed by atoms with E-state index in [4.69, 9.17) is 0 Å². The predicted octanol–water partition coefficient (Wildman–Crippen LogP) is 2.75. The quantitative estimate of drug-likeness (QED) is 0.630. The highest BCUT2D eigenvalue weighted by Crippen LogP contribution is 2.46. The third-order valence-corrected chi connectivity index (χ3v) is 3.90. The van der Waals surface area contributed by atoms with Crippen molar-refractivity contribution in [2.24, 2.45) is 10.9 Å². The molecule has 104 valence electrons. The van der Waals surface area contributed by atoms with Gasteiger partial charge in [0.2, 0.25) is 0 Å². The standard InChI is InChI=1S/C16H25N3/c1-4-12(2)19-16(17-3)18-11-14-10-15(14)13-8-6-5-7-9-13/h5-9,12,14-15H,4,10-11H2,1-3H3,(H2,17,18,19). The summed E-state index contributed by atoms with van der Waals surface area (Å²) in [4.78, 5) is 4.27. The summed E-state index contributed by atoms with van der Waals surface area (Å²) in [5.74, 6) is 2.40. The Morgan fingerprint density at radius 1 is 1.37 bits per heavy atom. The number of hydrogen-bond donors (Lipinski definition) is 2. The van der Waals surface area contributed by atoms with Crippen molar-refractivity contribution in [1.82, 2.24) is 10.6 Å². The van der Waals surface area contributed by atoms with Gasteiger partial charge in [0, 0.05) is 19.6 Å². The van der Waals surface area contributed by atoms with E-state index in [1.807, 2.05) is 7.05 Å². The normalized spacial score (nSPS) is 23.8. The van der Waals surface area contributed by atoms with Gasteiger partial charge in [0.15, 0.2) is 5.96 Å². The van der Waals surface area contributed by atoms with Gasteiger partial charge in [0.1, 0.15) is 0 Å². The Morgan fingerprint density at radius 3 is 2.74 bits per heavy atom. The van der Waals surface area contributed by atoms with Crippen LogP contribution in [-0.2, 0) is 0 Å². The van der Waals surface area contributed by atoms with Gasteiger partial charge in [-0.05, 0) is 37.2 Å². The van der Waals surface area contributed by atoms with Crippen molar-refractivity contribution in [3.63, 3.8) is 0 Å². The van der Waals surface area contributed by atoms with Gasteiger partial charge in [-0.25, -0.2) is 0 Å². The molecule has 2 N–H and O–H groups in total. The molecule has 1 saturated carbocycles. The molecular formula is C16H25N3. The molecule has 0 aromatic heterocycles. The van der Waals surface area contributed by atoms with Crippen LogP contribution in [0.2, 0.25) is 0 Å². The fourth-order valence-corrected chi connectivity index (χ4v) is 2.34. The fraction of sp³-hybridized carbons (Fsp3) is 0.562. The van der Waals surface area contributed by atoms with Crippen molar-refractivity contribution in [3.05, 3.63) is 35.9 Å². The van der Waals surface area contributed by atoms with E-state index in [0.29, 0.717) is 6.04 Å². The molecule has 0 radical (unpaired) electrons. The average Bonchev–Trinajstić information content (AvgIpc) is 3.23. The highest BCUT2D eigenvalue weighted by molar-refractivity contribution is 5.79. The van der Waals surface area contributed by atoms with E-state index in [-0.39, 0.29) is 0 Å². The molecule has 1 aliphatic carbocycles. The average molecular weight is 259 g/mol. The van der Waals surface area contributed by atoms with Crippen LogP contribution in [0.15, 0.2) is 35.3 Å². The number of nitrogens with zero attached hydrogens (tertiary/aromatic N) is 1. The summed E-state index contributed by atoms with van der Waals surface area (Å²) in [6.07, 6.45) is 2.40. The first-order valence-corrected chi connectivity index (χ1v) is 7.26. The lowest BCUT2D eigenvalue weighted by Crippen LogP contribution is -2.42. The van der Waals surface area contributed by atoms with Crippen LogP contribution in [0.1, 0.15) is 38.2 Å². The molecule has 1 aromatic carbocycles. The summed E-state index contributed by atoms with van der Waals surface area (Å²) < 4.78 is 0. The molecule has 1 aliphatic rings. The summed E-state index contributed by atoms with van der Waals surface area (Å²) in [6, 6.07) is 11.3. The third kappa shape index (κ3) is 3.98. The number of guanidine groups is 1. The van der Waals surface area contributed by atoms with E-state index in [1.165, 1.54) is 12.0 Å². The molecule has 3 heteroatoms. The smallest absolute Gasteiger partial charge is 0.191 e. The number of benzene rings is 1. The van der Waals surface area contributed by atoms with Crippen LogP contribution in [0, 0.1) is 5.92 Å². The first-order chi connectivity index (χ1) is 9.24. The van der Waals surface area contributed by atoms with Crippen molar-refractivity contribution in [3.8, 4) is 0 Å². The maximum atomic E-state index is 4.27. The van der Waals surface area contributed by atoms with Crippen LogP contribution < -0.4 is 10.6 Å². The Labute approximate surface area is 116 Å². The topological polar surface area (TPSA) is 36.4 Å². The number of hydrogen-bond acceptors (Lipinski definition) is 1. The minimum absolute atomic E-state index is 0.468. The van der Waals surface area contributed by atoms with E-state index >= 15 is 0 Å². The third-order valence-electron chi connectivity index (χ3n) is 3.90. The summed E-state index contributed by atoms with van der Waals surface area (Å²) in [5.41, 5.74) is 1.47. The van der Waals surface area contributed by atoms with Crippen LogP contribution in [0.5, 0.6) is 0 Å². The SMILES string of the molecule is CCC(C)NC(=NC)NCC1CC1c1ccccc1. The molecule has 19 heavy (non-hydrogen) atoms. The molecule has 1 aromatic rings. The Hall–Kier alpha value is -1.51. The molecule has 1 fully saturated rings. The zero-order valence-electron chi connectivity index (χ0n) is 12.2. The Morgan fingerprint density at radius 2 is 2.11 bits per heavy atom. The molecule has 0 amide bonds. The number of rotatable bonds is 5. The van der Waals surface area contributed by atoms with E-state index in [9.17, 15) is 0 Å². The lowest BCUT2D eigenvalue weighted by molar-refractivity contribution is 0.617. The summed E-state index contributed by atoms with van der Waals surface area (Å²) in [7, 11) is 1.83. The molecule has 3 unspecified atom stereocenters. The van der Waals surface area contributed by atoms with Crippen LogP contribution in [0.4, 0.5) is 0 Å². The maximum Gasteiger partial charge on any atom is 0.191 e. The first-order valence-electron chi connectivity index (χ1n) is 7.26. The van der Waals surface area contributed by atoms with Crippen LogP contribution in [0.25, 0.3) is 0 Å². The van der Waals surface area contributed by atoms with Crippen molar-refractivity contribution in [2.45, 2.75) is 38.6 Å². The molecule has 0 bridgehead atoms. The Bertz CT molecular complexity index is 413. The summed E-state index contributed by atoms with van der Waals surface area (Å²) in [6.45, 7) is 5.36. The Kier molecular flexibility index (Phi) is 4.83. The number of nitrogens with one attached hydrogen (secondary N) is 2. The second-order valence-electron chi connectivity index (χ2n) is 5.42. The monoisotopic (exact) mass is 259 g/mol. The second-order valence-corrected chi connectivity index (χ2v) is 5.42. The van der Waals surface area contributed by atoms with Crippen molar-refractivity contribution < 1.29 is 0 Å². The van der Waals surface area contributed by atoms with Gasteiger partial charge in [-0.3, -0.25) is 4.99 Å². The van der Waals surface area contributed by atoms with E-state index in [1.54, 1.807) is 0 Å². The molecular weight excluding hydrogens is 234 g/mol. The highest BCUT2D eigenvalue weighted by atomic mass is 15.2. The molecule has 2 rings (SSSR count). The molecule has 3 nitrogen and oxygen atoms in total. The fourth-order valence-electron chi connectivity index (χ4n) is 2.34. The highest BCUT2D eigenvalue weighted by Gasteiger charge is 2.37. The molecule has 0 spiro atoms. The van der Waals surface area contributed by atoms with Gasteiger partial charge in [-0.2, -0.15) is 0 Å². The zero-order chi connectivity index (χ0) is 13.7. The predicted molar refractivity (Wildman–Crippen MR) is 81.5 cm³/mol. The maximum absolute atomic E-state index is 4.27. The Balaban J connectivity index is 1.75. The molecule has 0 aliphatic heterocycles. The minimum Gasteiger partial charge on any atom is -0.356 e. The van der Waals surface area contributed by atoms with Gasteiger partial charge in [0.05, 0.1) is 0 Å². The lowest BCUT2D eigenvalue weighted by Gasteiger charge is -2.16. The largest absolute Gasteiger partial charge is 0.356 e.